The van der Waals surface area contributed by atoms with Crippen LogP contribution in [-0.4, -0.2) is 24.2 Å². The topological polar surface area (TPSA) is 57.9 Å². The van der Waals surface area contributed by atoms with Crippen molar-refractivity contribution in [2.24, 2.45) is 0 Å². The number of hydrogen-bond donors (Lipinski definition) is 1. The van der Waals surface area contributed by atoms with Gasteiger partial charge in [0.15, 0.2) is 0 Å². The molecule has 1 N–H and O–H groups in total. The first-order valence-electron chi connectivity index (χ1n) is 5.54. The van der Waals surface area contributed by atoms with Crippen molar-refractivity contribution >= 4 is 0 Å². The monoisotopic (exact) mass is 217 g/mol. The molecular weight excluding hydrogens is 202 g/mol. The number of nitrogens with zero attached hydrogens (tertiary/aromatic N) is 2. The summed E-state index contributed by atoms with van der Waals surface area (Å²) in [5, 5.41) is 12.3. The Hall–Kier alpha value is -1.44. The van der Waals surface area contributed by atoms with E-state index in [1.54, 1.807) is 12.4 Å². The number of ether oxygens (including phenoxy) is 1. The van der Waals surface area contributed by atoms with Gasteiger partial charge in [0.2, 0.25) is 0 Å². The van der Waals surface area contributed by atoms with Gasteiger partial charge in [0.25, 0.3) is 0 Å². The van der Waals surface area contributed by atoms with Gasteiger partial charge in [-0.05, 0) is 18.9 Å². The molecule has 1 fully saturated rings. The summed E-state index contributed by atoms with van der Waals surface area (Å²) in [4.78, 5) is 4.01. The van der Waals surface area contributed by atoms with Gasteiger partial charge in [0.05, 0.1) is 12.2 Å². The van der Waals surface area contributed by atoms with Gasteiger partial charge >= 0.3 is 0 Å². The molecule has 2 heterocycles. The number of rotatable bonds is 4. The summed E-state index contributed by atoms with van der Waals surface area (Å²) >= 11 is 0. The molecule has 0 radical (unpaired) electrons. The Balaban J connectivity index is 1.89. The number of nitriles is 1. The molecule has 4 nitrogen and oxygen atoms in total. The molecule has 0 aromatic carbocycles. The van der Waals surface area contributed by atoms with Gasteiger partial charge in [0.1, 0.15) is 6.04 Å². The number of aromatic nitrogens is 1. The van der Waals surface area contributed by atoms with E-state index in [4.69, 9.17) is 10.00 Å². The van der Waals surface area contributed by atoms with Gasteiger partial charge < -0.3 is 4.74 Å². The van der Waals surface area contributed by atoms with E-state index in [1.807, 2.05) is 12.1 Å². The van der Waals surface area contributed by atoms with E-state index in [-0.39, 0.29) is 12.1 Å². The first kappa shape index (κ1) is 11.1. The first-order valence-corrected chi connectivity index (χ1v) is 5.54. The van der Waals surface area contributed by atoms with Crippen LogP contribution in [0.2, 0.25) is 0 Å². The van der Waals surface area contributed by atoms with E-state index < -0.39 is 0 Å². The molecule has 1 aromatic rings. The second-order valence-electron chi connectivity index (χ2n) is 3.89. The van der Waals surface area contributed by atoms with E-state index in [0.717, 1.165) is 31.6 Å². The maximum atomic E-state index is 9.07. The fraction of sp³-hybridized carbons (Fsp3) is 0.500. The maximum Gasteiger partial charge on any atom is 0.122 e. The molecule has 0 bridgehead atoms. The van der Waals surface area contributed by atoms with Crippen LogP contribution in [0.1, 0.15) is 24.4 Å². The van der Waals surface area contributed by atoms with Gasteiger partial charge in [-0.15, -0.1) is 0 Å². The standard InChI is InChI=1S/C12H15N3O/c13-7-12(10-3-1-5-14-8-10)15-9-11-4-2-6-16-11/h1,3,5,8,11-12,15H,2,4,6,9H2. The summed E-state index contributed by atoms with van der Waals surface area (Å²) in [6, 6.07) is 5.69. The van der Waals surface area contributed by atoms with Gasteiger partial charge in [-0.1, -0.05) is 6.07 Å². The van der Waals surface area contributed by atoms with Crippen molar-refractivity contribution in [1.82, 2.24) is 10.3 Å². The molecule has 16 heavy (non-hydrogen) atoms. The van der Waals surface area contributed by atoms with Crippen molar-refractivity contribution in [3.8, 4) is 6.07 Å². The molecule has 0 aliphatic carbocycles. The van der Waals surface area contributed by atoms with Crippen LogP contribution in [0.4, 0.5) is 0 Å². The third-order valence-electron chi connectivity index (χ3n) is 2.72. The normalized spacial score (nSPS) is 21.6. The average Bonchev–Trinajstić information content (AvgIpc) is 2.84. The molecule has 0 spiro atoms. The highest BCUT2D eigenvalue weighted by Crippen LogP contribution is 2.14. The second kappa shape index (κ2) is 5.59. The Bertz CT molecular complexity index is 354. The Labute approximate surface area is 95.3 Å². The molecule has 2 rings (SSSR count). The minimum Gasteiger partial charge on any atom is -0.377 e. The Morgan fingerprint density at radius 2 is 2.62 bits per heavy atom. The smallest absolute Gasteiger partial charge is 0.122 e. The van der Waals surface area contributed by atoms with E-state index in [0.29, 0.717) is 0 Å². The second-order valence-corrected chi connectivity index (χ2v) is 3.89. The molecule has 1 aliphatic rings. The third-order valence-corrected chi connectivity index (χ3v) is 2.72. The number of hydrogen-bond acceptors (Lipinski definition) is 4. The molecule has 2 atom stereocenters. The number of nitrogens with one attached hydrogen (secondary N) is 1. The summed E-state index contributed by atoms with van der Waals surface area (Å²) in [6.45, 7) is 1.57. The highest BCUT2D eigenvalue weighted by Gasteiger charge is 2.17. The zero-order chi connectivity index (χ0) is 11.2. The summed E-state index contributed by atoms with van der Waals surface area (Å²) in [6.07, 6.45) is 5.88. The van der Waals surface area contributed by atoms with E-state index in [9.17, 15) is 0 Å². The van der Waals surface area contributed by atoms with Crippen molar-refractivity contribution < 1.29 is 4.74 Å². The van der Waals surface area contributed by atoms with Crippen LogP contribution in [0.3, 0.4) is 0 Å². The third kappa shape index (κ3) is 2.78. The molecule has 1 saturated heterocycles. The van der Waals surface area contributed by atoms with Crippen molar-refractivity contribution in [3.05, 3.63) is 30.1 Å². The number of pyridine rings is 1. The molecule has 4 heteroatoms. The molecule has 1 aromatic heterocycles. The Morgan fingerprint density at radius 3 is 3.25 bits per heavy atom. The van der Waals surface area contributed by atoms with Gasteiger partial charge in [0, 0.05) is 31.1 Å². The van der Waals surface area contributed by atoms with E-state index in [2.05, 4.69) is 16.4 Å². The van der Waals surface area contributed by atoms with Crippen LogP contribution in [-0.2, 0) is 4.74 Å². The van der Waals surface area contributed by atoms with Crippen molar-refractivity contribution in [2.75, 3.05) is 13.2 Å². The molecule has 1 aliphatic heterocycles. The quantitative estimate of drug-likeness (QED) is 0.828. The highest BCUT2D eigenvalue weighted by atomic mass is 16.5. The van der Waals surface area contributed by atoms with E-state index in [1.165, 1.54) is 0 Å². The fourth-order valence-corrected chi connectivity index (χ4v) is 1.84. The van der Waals surface area contributed by atoms with Crippen molar-refractivity contribution in [1.29, 1.82) is 5.26 Å². The highest BCUT2D eigenvalue weighted by molar-refractivity contribution is 5.19. The minimum atomic E-state index is -0.294. The molecule has 2 unspecified atom stereocenters. The van der Waals surface area contributed by atoms with Crippen LogP contribution in [0.15, 0.2) is 24.5 Å². The lowest BCUT2D eigenvalue weighted by Gasteiger charge is -2.14. The summed E-state index contributed by atoms with van der Waals surface area (Å²) in [7, 11) is 0. The lowest BCUT2D eigenvalue weighted by atomic mass is 10.1. The molecular formula is C12H15N3O. The summed E-state index contributed by atoms with van der Waals surface area (Å²) in [5.74, 6) is 0. The summed E-state index contributed by atoms with van der Waals surface area (Å²) in [5.41, 5.74) is 0.906. The van der Waals surface area contributed by atoms with Gasteiger partial charge in [-0.3, -0.25) is 10.3 Å². The van der Waals surface area contributed by atoms with Gasteiger partial charge in [-0.25, -0.2) is 0 Å². The van der Waals surface area contributed by atoms with Gasteiger partial charge in [-0.2, -0.15) is 5.26 Å². The van der Waals surface area contributed by atoms with Crippen molar-refractivity contribution in [2.45, 2.75) is 25.0 Å². The fourth-order valence-electron chi connectivity index (χ4n) is 1.84. The Kier molecular flexibility index (Phi) is 3.86. The predicted octanol–water partition coefficient (Wildman–Crippen LogP) is 1.41. The van der Waals surface area contributed by atoms with Crippen LogP contribution < -0.4 is 5.32 Å². The van der Waals surface area contributed by atoms with E-state index >= 15 is 0 Å². The van der Waals surface area contributed by atoms with Crippen LogP contribution in [0.5, 0.6) is 0 Å². The SMILES string of the molecule is N#CC(NCC1CCCO1)c1cccnc1. The summed E-state index contributed by atoms with van der Waals surface area (Å²) < 4.78 is 5.50. The van der Waals surface area contributed by atoms with Crippen LogP contribution >= 0.6 is 0 Å². The molecule has 84 valence electrons. The molecule has 0 amide bonds. The zero-order valence-electron chi connectivity index (χ0n) is 9.10. The first-order chi connectivity index (χ1) is 7.90. The van der Waals surface area contributed by atoms with Crippen molar-refractivity contribution in [3.63, 3.8) is 0 Å². The lowest BCUT2D eigenvalue weighted by Crippen LogP contribution is -2.29. The Morgan fingerprint density at radius 1 is 1.69 bits per heavy atom. The molecule has 0 saturated carbocycles. The van der Waals surface area contributed by atoms with Crippen LogP contribution in [0, 0.1) is 11.3 Å². The predicted molar refractivity (Wildman–Crippen MR) is 59.6 cm³/mol. The average molecular weight is 217 g/mol. The largest absolute Gasteiger partial charge is 0.377 e. The zero-order valence-corrected chi connectivity index (χ0v) is 9.10. The minimum absolute atomic E-state index is 0.257. The van der Waals surface area contributed by atoms with Crippen LogP contribution in [0.25, 0.3) is 0 Å². The maximum absolute atomic E-state index is 9.07. The lowest BCUT2D eigenvalue weighted by molar-refractivity contribution is 0.109.